The molecule has 4 aliphatic rings. The van der Waals surface area contributed by atoms with Crippen molar-refractivity contribution in [3.8, 4) is 0 Å². The Morgan fingerprint density at radius 2 is 0.806 bits per heavy atom. The number of ether oxygens (including phenoxy) is 1. The van der Waals surface area contributed by atoms with Crippen molar-refractivity contribution < 1.29 is 59.7 Å². The van der Waals surface area contributed by atoms with E-state index in [1.807, 2.05) is 0 Å². The average Bonchev–Trinajstić information content (AvgIpc) is 4.03. The molecule has 0 aromatic heterocycles. The minimum Gasteiger partial charge on any atom is -0.481 e. The fraction of sp³-hybridized carbons (Fsp3) is 0.818. The Balaban J connectivity index is 0.000000451. The second-order valence-corrected chi connectivity index (χ2v) is 19.8. The number of esters is 1. The number of carbonyl (C=O) groups excluding carboxylic acids is 1. The molecule has 12 nitrogen and oxygen atoms in total. The van der Waals surface area contributed by atoms with Crippen LogP contribution in [-0.2, 0) is 23.9 Å². The third kappa shape index (κ3) is 27.1. The number of rotatable bonds is 27. The first kappa shape index (κ1) is 62.0. The zero-order valence-corrected chi connectivity index (χ0v) is 42.4. The van der Waals surface area contributed by atoms with Gasteiger partial charge in [-0.15, -0.1) is 0 Å². The maximum absolute atomic E-state index is 11.2. The Bertz CT molecular complexity index is 1410. The highest BCUT2D eigenvalue weighted by Crippen LogP contribution is 2.40. The van der Waals surface area contributed by atoms with E-state index in [1.165, 1.54) is 45.6 Å². The minimum absolute atomic E-state index is 0.105. The van der Waals surface area contributed by atoms with E-state index < -0.39 is 17.9 Å². The number of carboxylic acids is 3. The first-order chi connectivity index (χ1) is 32.1. The number of unbranched alkanes of at least 4 members (excludes halogenated alkanes) is 6. The average molecular weight is 949 g/mol. The van der Waals surface area contributed by atoms with Crippen LogP contribution in [0.1, 0.15) is 207 Å². The molecule has 0 saturated heterocycles. The van der Waals surface area contributed by atoms with Crippen LogP contribution in [0.25, 0.3) is 0 Å². The fourth-order valence-corrected chi connectivity index (χ4v) is 11.0. The number of methoxy groups -OCH3 is 1. The quantitative estimate of drug-likeness (QED) is 0.0232. The van der Waals surface area contributed by atoms with Crippen LogP contribution >= 0.6 is 0 Å². The molecule has 0 spiro atoms. The van der Waals surface area contributed by atoms with Crippen molar-refractivity contribution in [2.45, 2.75) is 232 Å². The van der Waals surface area contributed by atoms with Gasteiger partial charge in [0.1, 0.15) is 0 Å². The van der Waals surface area contributed by atoms with Gasteiger partial charge in [-0.2, -0.15) is 0 Å². The van der Waals surface area contributed by atoms with E-state index in [2.05, 4.69) is 68.9 Å². The number of aliphatic carboxylic acids is 3. The topological polar surface area (TPSA) is 219 Å². The van der Waals surface area contributed by atoms with Crippen molar-refractivity contribution in [3.05, 3.63) is 36.5 Å². The van der Waals surface area contributed by atoms with Crippen LogP contribution in [0, 0.1) is 47.3 Å². The largest absolute Gasteiger partial charge is 0.481 e. The summed E-state index contributed by atoms with van der Waals surface area (Å²) in [4.78, 5) is 42.9. The zero-order chi connectivity index (χ0) is 50.0. The molecule has 0 heterocycles. The van der Waals surface area contributed by atoms with E-state index in [1.54, 1.807) is 0 Å². The molecule has 12 atom stereocenters. The molecular weight excluding hydrogens is 853 g/mol. The van der Waals surface area contributed by atoms with E-state index in [-0.39, 0.29) is 78.7 Å². The molecule has 0 aromatic carbocycles. The standard InChI is InChI=1S/C18H32O3.C13H22O3.C12H22O3.C12H20O3/c1-2-3-7-11-16-15(13-14-17(16)19)10-8-5-4-6-9-12-18(20)21;1-3-4-5-6-11-10(7-8-12(11)14)9-13(15)16-2;2*1-2-3-4-5-10-9(8-12(14)15)6-7-11(10)13/h3,7,15-17,19H,2,4-6,8-14H2,1H3,(H,20,21);4-5,10-12,14H,3,6-9H2,1-2H3;9-11,13H,2-8H2,1H3,(H,14,15);3-4,9-11,13H,2,5-8H2,1H3,(H,14,15)/b7-3-;5-4-;;4-3-. The number of carbonyl (C=O) groups is 4. The highest BCUT2D eigenvalue weighted by Gasteiger charge is 2.37. The van der Waals surface area contributed by atoms with Crippen LogP contribution in [0.3, 0.4) is 0 Å². The predicted molar refractivity (Wildman–Crippen MR) is 266 cm³/mol. The van der Waals surface area contributed by atoms with Gasteiger partial charge in [0.2, 0.25) is 0 Å². The van der Waals surface area contributed by atoms with Crippen molar-refractivity contribution >= 4 is 23.9 Å². The van der Waals surface area contributed by atoms with Crippen LogP contribution in [0.15, 0.2) is 36.5 Å². The van der Waals surface area contributed by atoms with Crippen LogP contribution in [0.2, 0.25) is 0 Å². The molecule has 0 amide bonds. The molecular formula is C55H96O12. The summed E-state index contributed by atoms with van der Waals surface area (Å²) in [5.41, 5.74) is 0. The maximum Gasteiger partial charge on any atom is 0.305 e. The van der Waals surface area contributed by atoms with Gasteiger partial charge in [0.15, 0.2) is 0 Å². The lowest BCUT2D eigenvalue weighted by molar-refractivity contribution is -0.142. The van der Waals surface area contributed by atoms with Gasteiger partial charge in [-0.1, -0.05) is 116 Å². The van der Waals surface area contributed by atoms with E-state index in [9.17, 15) is 39.6 Å². The number of hydrogen-bond acceptors (Lipinski definition) is 9. The van der Waals surface area contributed by atoms with E-state index in [0.29, 0.717) is 24.7 Å². The molecule has 0 radical (unpaired) electrons. The molecule has 7 N–H and O–H groups in total. The van der Waals surface area contributed by atoms with Crippen LogP contribution in [0.5, 0.6) is 0 Å². The fourth-order valence-electron chi connectivity index (χ4n) is 11.0. The summed E-state index contributed by atoms with van der Waals surface area (Å²) in [6.45, 7) is 8.45. The molecule has 4 aliphatic carbocycles. The lowest BCUT2D eigenvalue weighted by Crippen LogP contribution is -2.21. The summed E-state index contributed by atoms with van der Waals surface area (Å²) < 4.78 is 4.68. The third-order valence-corrected chi connectivity index (χ3v) is 14.8. The van der Waals surface area contributed by atoms with Gasteiger partial charge >= 0.3 is 23.9 Å². The molecule has 4 saturated carbocycles. The van der Waals surface area contributed by atoms with Crippen LogP contribution in [-0.4, -0.2) is 91.1 Å². The van der Waals surface area contributed by atoms with Gasteiger partial charge < -0.3 is 40.5 Å². The summed E-state index contributed by atoms with van der Waals surface area (Å²) in [5.74, 6) is 0.0470. The van der Waals surface area contributed by atoms with E-state index >= 15 is 0 Å². The van der Waals surface area contributed by atoms with Crippen LogP contribution in [0.4, 0.5) is 0 Å². The van der Waals surface area contributed by atoms with Crippen molar-refractivity contribution in [1.82, 2.24) is 0 Å². The summed E-state index contributed by atoms with van der Waals surface area (Å²) in [7, 11) is 1.42. The van der Waals surface area contributed by atoms with Gasteiger partial charge in [-0.05, 0) is 150 Å². The monoisotopic (exact) mass is 949 g/mol. The zero-order valence-electron chi connectivity index (χ0n) is 42.4. The highest BCUT2D eigenvalue weighted by atomic mass is 16.5. The lowest BCUT2D eigenvalue weighted by Gasteiger charge is -2.20. The molecule has 0 bridgehead atoms. The lowest BCUT2D eigenvalue weighted by atomic mass is 9.87. The van der Waals surface area contributed by atoms with E-state index in [0.717, 1.165) is 116 Å². The van der Waals surface area contributed by atoms with E-state index in [4.69, 9.17) is 15.3 Å². The Labute approximate surface area is 405 Å². The summed E-state index contributed by atoms with van der Waals surface area (Å²) in [6, 6.07) is 0. The Hall–Kier alpha value is -3.06. The second-order valence-electron chi connectivity index (χ2n) is 19.8. The number of aliphatic hydroxyl groups excluding tert-OH is 4. The predicted octanol–water partition coefficient (Wildman–Crippen LogP) is 11.5. The smallest absolute Gasteiger partial charge is 0.305 e. The number of hydrogen-bond donors (Lipinski definition) is 7. The molecule has 388 valence electrons. The number of carboxylic acid groups (broad SMARTS) is 3. The Kier molecular flexibility index (Phi) is 34.9. The molecule has 12 unspecified atom stereocenters. The molecule has 4 rings (SSSR count). The molecule has 67 heavy (non-hydrogen) atoms. The number of aliphatic hydroxyl groups is 4. The maximum atomic E-state index is 11.2. The summed E-state index contributed by atoms with van der Waals surface area (Å²) in [6.07, 6.45) is 37.1. The molecule has 0 aliphatic heterocycles. The molecule has 0 aromatic rings. The van der Waals surface area contributed by atoms with Crippen molar-refractivity contribution in [1.29, 1.82) is 0 Å². The summed E-state index contributed by atoms with van der Waals surface area (Å²) in [5, 5.41) is 65.6. The van der Waals surface area contributed by atoms with Gasteiger partial charge in [0, 0.05) is 25.7 Å². The van der Waals surface area contributed by atoms with Gasteiger partial charge in [-0.25, -0.2) is 0 Å². The summed E-state index contributed by atoms with van der Waals surface area (Å²) >= 11 is 0. The normalized spacial score (nSPS) is 29.0. The molecule has 12 heteroatoms. The Morgan fingerprint density at radius 1 is 0.433 bits per heavy atom. The SMILES string of the molecule is CC/C=C\CC1C(O)CCC1CC(=O)O.CC/C=C\CC1C(O)CCC1CC(=O)OC.CC/C=C\CC1C(O)CCC1CCCCCCCC(=O)O.CCCCCC1C(O)CCC1CC(=O)O. The van der Waals surface area contributed by atoms with Crippen molar-refractivity contribution in [2.24, 2.45) is 47.3 Å². The minimum atomic E-state index is -0.751. The van der Waals surface area contributed by atoms with Gasteiger partial charge in [0.25, 0.3) is 0 Å². The number of allylic oxidation sites excluding steroid dienone is 6. The third-order valence-electron chi connectivity index (χ3n) is 14.8. The van der Waals surface area contributed by atoms with Crippen LogP contribution < -0.4 is 0 Å². The Morgan fingerprint density at radius 3 is 1.22 bits per heavy atom. The molecule has 4 fully saturated rings. The second kappa shape index (κ2) is 37.8. The van der Waals surface area contributed by atoms with Gasteiger partial charge in [0.05, 0.1) is 31.5 Å². The van der Waals surface area contributed by atoms with Crippen molar-refractivity contribution in [3.63, 3.8) is 0 Å². The highest BCUT2D eigenvalue weighted by molar-refractivity contribution is 5.69. The van der Waals surface area contributed by atoms with Crippen molar-refractivity contribution in [2.75, 3.05) is 7.11 Å². The van der Waals surface area contributed by atoms with Gasteiger partial charge in [-0.3, -0.25) is 19.2 Å². The first-order valence-corrected chi connectivity index (χ1v) is 26.5. The first-order valence-electron chi connectivity index (χ1n) is 26.5.